The minimum absolute atomic E-state index is 0.238. The molecule has 3 unspecified atom stereocenters. The van der Waals surface area contributed by atoms with Gasteiger partial charge in [0.2, 0.25) is 0 Å². The predicted molar refractivity (Wildman–Crippen MR) is 110 cm³/mol. The van der Waals surface area contributed by atoms with Gasteiger partial charge in [-0.1, -0.05) is 20.3 Å². The quantitative estimate of drug-likeness (QED) is 0.502. The Hall–Kier alpha value is -1.73. The fraction of sp³-hybridized carbons (Fsp3) is 0.545. The first-order chi connectivity index (χ1) is 13.8. The molecule has 3 atom stereocenters. The molecule has 0 spiro atoms. The molecule has 160 valence electrons. The van der Waals surface area contributed by atoms with E-state index in [9.17, 15) is 13.2 Å². The van der Waals surface area contributed by atoms with Crippen molar-refractivity contribution in [2.45, 2.75) is 39.0 Å². The smallest absolute Gasteiger partial charge is 0.493 e. The van der Waals surface area contributed by atoms with Gasteiger partial charge in [0.25, 0.3) is 0 Å². The van der Waals surface area contributed by atoms with Crippen molar-refractivity contribution < 1.29 is 22.6 Å². The van der Waals surface area contributed by atoms with Gasteiger partial charge >= 0.3 is 6.36 Å². The topological polar surface area (TPSA) is 21.7 Å². The van der Waals surface area contributed by atoms with Crippen LogP contribution in [0.3, 0.4) is 0 Å². The average Bonchev–Trinajstić information content (AvgIpc) is 3.21. The third-order valence-electron chi connectivity index (χ3n) is 5.58. The number of alkyl halides is 3. The molecule has 1 aliphatic rings. The van der Waals surface area contributed by atoms with Crippen LogP contribution in [0.2, 0.25) is 0 Å². The largest absolute Gasteiger partial charge is 0.573 e. The molecule has 1 aromatic heterocycles. The van der Waals surface area contributed by atoms with Gasteiger partial charge in [-0.25, -0.2) is 0 Å². The lowest BCUT2D eigenvalue weighted by atomic mass is 9.81. The molecule has 2 aromatic rings. The maximum atomic E-state index is 12.3. The van der Waals surface area contributed by atoms with Crippen molar-refractivity contribution in [3.05, 3.63) is 46.7 Å². The van der Waals surface area contributed by atoms with Crippen molar-refractivity contribution in [2.24, 2.45) is 11.8 Å². The summed E-state index contributed by atoms with van der Waals surface area (Å²) in [5.41, 5.74) is 1.36. The average molecular weight is 428 g/mol. The van der Waals surface area contributed by atoms with Crippen LogP contribution >= 0.6 is 11.3 Å². The first-order valence-corrected chi connectivity index (χ1v) is 11.0. The van der Waals surface area contributed by atoms with Crippen molar-refractivity contribution >= 4 is 11.3 Å². The number of hydrogen-bond donors (Lipinski definition) is 0. The normalized spacial score (nSPS) is 21.7. The molecule has 0 bridgehead atoms. The van der Waals surface area contributed by atoms with E-state index in [-0.39, 0.29) is 5.75 Å². The summed E-state index contributed by atoms with van der Waals surface area (Å²) >= 11 is 1.71. The van der Waals surface area contributed by atoms with Gasteiger partial charge in [0.05, 0.1) is 6.61 Å². The summed E-state index contributed by atoms with van der Waals surface area (Å²) in [5, 5.41) is 4.32. The van der Waals surface area contributed by atoms with E-state index < -0.39 is 6.36 Å². The Kier molecular flexibility index (Phi) is 7.46. The van der Waals surface area contributed by atoms with E-state index in [1.807, 2.05) is 0 Å². The molecule has 0 amide bonds. The molecule has 3 rings (SSSR count). The zero-order valence-corrected chi connectivity index (χ0v) is 17.6. The van der Waals surface area contributed by atoms with Crippen LogP contribution in [0.4, 0.5) is 13.2 Å². The fourth-order valence-corrected chi connectivity index (χ4v) is 4.60. The molecule has 1 fully saturated rings. The van der Waals surface area contributed by atoms with Crippen LogP contribution in [0.1, 0.15) is 38.2 Å². The summed E-state index contributed by atoms with van der Waals surface area (Å²) < 4.78 is 46.8. The molecular weight excluding hydrogens is 399 g/mol. The molecular formula is C22H28F3NO2S. The van der Waals surface area contributed by atoms with Crippen molar-refractivity contribution in [1.82, 2.24) is 4.90 Å². The van der Waals surface area contributed by atoms with Gasteiger partial charge in [0.1, 0.15) is 11.5 Å². The zero-order chi connectivity index (χ0) is 20.9. The van der Waals surface area contributed by atoms with Gasteiger partial charge in [-0.3, -0.25) is 0 Å². The number of ether oxygens (including phenoxy) is 2. The number of piperidine rings is 1. The third kappa shape index (κ3) is 6.64. The fourth-order valence-electron chi connectivity index (χ4n) is 3.88. The van der Waals surface area contributed by atoms with E-state index in [4.69, 9.17) is 4.74 Å². The van der Waals surface area contributed by atoms with E-state index in [0.29, 0.717) is 30.1 Å². The number of halogens is 3. The maximum Gasteiger partial charge on any atom is 0.573 e. The number of likely N-dealkylation sites (tertiary alicyclic amines) is 1. The van der Waals surface area contributed by atoms with Gasteiger partial charge in [-0.2, -0.15) is 11.3 Å². The zero-order valence-electron chi connectivity index (χ0n) is 16.8. The number of benzene rings is 1. The molecule has 0 N–H and O–H groups in total. The van der Waals surface area contributed by atoms with Crippen LogP contribution in [0, 0.1) is 11.8 Å². The molecule has 1 aromatic carbocycles. The first-order valence-electron chi connectivity index (χ1n) is 10.1. The second kappa shape index (κ2) is 9.85. The molecule has 1 saturated heterocycles. The highest BCUT2D eigenvalue weighted by atomic mass is 32.1. The van der Waals surface area contributed by atoms with Gasteiger partial charge in [-0.05, 0) is 71.5 Å². The Balaban J connectivity index is 1.62. The molecule has 1 aliphatic heterocycles. The molecule has 7 heteroatoms. The minimum Gasteiger partial charge on any atom is -0.493 e. The highest BCUT2D eigenvalue weighted by Gasteiger charge is 2.32. The summed E-state index contributed by atoms with van der Waals surface area (Å²) in [6, 6.07) is 7.82. The summed E-state index contributed by atoms with van der Waals surface area (Å²) in [6.07, 6.45) is -2.42. The Morgan fingerprint density at radius 1 is 1.17 bits per heavy atom. The molecule has 0 aliphatic carbocycles. The highest BCUT2D eigenvalue weighted by Crippen LogP contribution is 2.35. The summed E-state index contributed by atoms with van der Waals surface area (Å²) in [5.74, 6) is 1.77. The summed E-state index contributed by atoms with van der Waals surface area (Å²) in [6.45, 7) is 8.19. The van der Waals surface area contributed by atoms with Gasteiger partial charge in [-0.15, -0.1) is 13.2 Å². The van der Waals surface area contributed by atoms with Crippen LogP contribution in [-0.4, -0.2) is 37.5 Å². The van der Waals surface area contributed by atoms with Crippen LogP contribution in [-0.2, 0) is 0 Å². The van der Waals surface area contributed by atoms with Crippen molar-refractivity contribution in [3.8, 4) is 11.5 Å². The van der Waals surface area contributed by atoms with Crippen molar-refractivity contribution in [2.75, 3.05) is 26.2 Å². The van der Waals surface area contributed by atoms with Gasteiger partial charge < -0.3 is 14.4 Å². The molecule has 0 radical (unpaired) electrons. The number of rotatable bonds is 8. The van der Waals surface area contributed by atoms with E-state index in [0.717, 1.165) is 32.5 Å². The molecule has 0 saturated carbocycles. The Labute approximate surface area is 174 Å². The van der Waals surface area contributed by atoms with Crippen molar-refractivity contribution in [1.29, 1.82) is 0 Å². The highest BCUT2D eigenvalue weighted by molar-refractivity contribution is 7.07. The molecule has 3 nitrogen and oxygen atoms in total. The maximum absolute atomic E-state index is 12.3. The van der Waals surface area contributed by atoms with Gasteiger partial charge in [0.15, 0.2) is 0 Å². The first kappa shape index (κ1) is 22.0. The second-order valence-corrected chi connectivity index (χ2v) is 8.60. The van der Waals surface area contributed by atoms with Crippen LogP contribution in [0.25, 0.3) is 0 Å². The van der Waals surface area contributed by atoms with Crippen LogP contribution < -0.4 is 9.47 Å². The van der Waals surface area contributed by atoms with Crippen LogP contribution in [0.15, 0.2) is 41.1 Å². The van der Waals surface area contributed by atoms with E-state index in [2.05, 4.69) is 40.3 Å². The Bertz CT molecular complexity index is 734. The van der Waals surface area contributed by atoms with Crippen molar-refractivity contribution in [3.63, 3.8) is 0 Å². The third-order valence-corrected chi connectivity index (χ3v) is 6.28. The van der Waals surface area contributed by atoms with E-state index in [1.165, 1.54) is 29.8 Å². The lowest BCUT2D eigenvalue weighted by Crippen LogP contribution is -2.43. The standard InChI is InChI=1S/C22H28F3NO2S/c1-3-16(2)12-26-10-8-21(17-9-11-29-15-17)18(13-26)14-27-19-4-6-20(7-5-19)28-22(23,24)25/h4-7,9,11,15-16,18,21H,3,8,10,12-14H2,1-2H3. The Morgan fingerprint density at radius 3 is 2.52 bits per heavy atom. The SMILES string of the molecule is CCC(C)CN1CCC(c2ccsc2)C(COc2ccc(OC(F)(F)F)cc2)C1. The second-order valence-electron chi connectivity index (χ2n) is 7.82. The van der Waals surface area contributed by atoms with E-state index >= 15 is 0 Å². The van der Waals surface area contributed by atoms with E-state index in [1.54, 1.807) is 11.3 Å². The summed E-state index contributed by atoms with van der Waals surface area (Å²) in [7, 11) is 0. The lowest BCUT2D eigenvalue weighted by Gasteiger charge is -2.39. The summed E-state index contributed by atoms with van der Waals surface area (Å²) in [4.78, 5) is 2.52. The van der Waals surface area contributed by atoms with Gasteiger partial charge in [0, 0.05) is 19.0 Å². The minimum atomic E-state index is -4.68. The Morgan fingerprint density at radius 2 is 1.90 bits per heavy atom. The number of hydrogen-bond acceptors (Lipinski definition) is 4. The number of thiophene rings is 1. The lowest BCUT2D eigenvalue weighted by molar-refractivity contribution is -0.274. The molecule has 29 heavy (non-hydrogen) atoms. The number of nitrogens with zero attached hydrogens (tertiary/aromatic N) is 1. The monoisotopic (exact) mass is 427 g/mol. The predicted octanol–water partition coefficient (Wildman–Crippen LogP) is 6.18. The molecule has 2 heterocycles. The van der Waals surface area contributed by atoms with Crippen LogP contribution in [0.5, 0.6) is 11.5 Å².